The van der Waals surface area contributed by atoms with Gasteiger partial charge in [-0.05, 0) is 130 Å². The van der Waals surface area contributed by atoms with Crippen molar-refractivity contribution < 1.29 is 66.8 Å². The van der Waals surface area contributed by atoms with Crippen molar-refractivity contribution in [1.29, 1.82) is 0 Å². The highest BCUT2D eigenvalue weighted by Crippen LogP contribution is 2.24. The highest BCUT2D eigenvalue weighted by molar-refractivity contribution is 6.63. The summed E-state index contributed by atoms with van der Waals surface area (Å²) in [7, 11) is -17.6. The Morgan fingerprint density at radius 1 is 0.384 bits per heavy atom. The maximum atomic E-state index is 7.94. The molecule has 0 heterocycles. The van der Waals surface area contributed by atoms with E-state index in [2.05, 4.69) is 201 Å². The molecule has 14 nitrogen and oxygen atoms in total. The zero-order valence-corrected chi connectivity index (χ0v) is 42.3. The van der Waals surface area contributed by atoms with Gasteiger partial charge in [-0.15, -0.1) is 6.42 Å². The Morgan fingerprint density at radius 3 is 0.836 bits per heavy atom. The normalized spacial score (nSPS) is 9.01. The summed E-state index contributed by atoms with van der Waals surface area (Å²) >= 11 is 0. The maximum Gasteiger partial charge on any atom is 0.668 e. The van der Waals surface area contributed by atoms with Crippen molar-refractivity contribution in [2.75, 3.05) is 0 Å². The molecule has 0 saturated heterocycles. The number of aryl methyl sites for hydroxylation is 1. The van der Waals surface area contributed by atoms with Crippen LogP contribution in [0.3, 0.4) is 0 Å². The quantitative estimate of drug-likeness (QED) is 0.0639. The average Bonchev–Trinajstić information content (AvgIpc) is 3.34. The summed E-state index contributed by atoms with van der Waals surface area (Å²) < 4.78 is 23.0. The van der Waals surface area contributed by atoms with Gasteiger partial charge in [-0.25, -0.2) is 0 Å². The fourth-order valence-electron chi connectivity index (χ4n) is 4.46. The minimum atomic E-state index is -4.98. The molecule has 0 aromatic heterocycles. The van der Waals surface area contributed by atoms with Gasteiger partial charge in [-0.2, -0.15) is 0 Å². The van der Waals surface area contributed by atoms with Gasteiger partial charge in [0.1, 0.15) is 0 Å². The number of rotatable bonds is 14. The first kappa shape index (κ1) is 64.9. The third-order valence-electron chi connectivity index (χ3n) is 7.19. The van der Waals surface area contributed by atoms with Crippen molar-refractivity contribution in [3.05, 3.63) is 144 Å². The maximum absolute atomic E-state index is 7.94. The van der Waals surface area contributed by atoms with Gasteiger partial charge in [-0.3, -0.25) is 0 Å². The van der Waals surface area contributed by atoms with Crippen LogP contribution in [-0.2, 0) is 43.6 Å². The van der Waals surface area contributed by atoms with Gasteiger partial charge in [0, 0.05) is 43.0 Å². The van der Waals surface area contributed by atoms with Crippen LogP contribution in [0.25, 0.3) is 0 Å². The second-order valence-corrected chi connectivity index (χ2v) is 19.9. The van der Waals surface area contributed by atoms with Crippen LogP contribution in [0, 0.1) is 143 Å². The van der Waals surface area contributed by atoms with E-state index in [1.807, 2.05) is 60.7 Å². The molecule has 0 aliphatic carbocycles. The molecule has 0 atom stereocenters. The number of hydrogen-bond donors (Lipinski definition) is 10. The van der Waals surface area contributed by atoms with Gasteiger partial charge in [0.2, 0.25) is 0 Å². The molecular weight excluding hydrogens is 997 g/mol. The summed E-state index contributed by atoms with van der Waals surface area (Å²) in [4.78, 5) is 76.9. The van der Waals surface area contributed by atoms with E-state index in [4.69, 9.17) is 67.7 Å². The molecule has 0 spiro atoms. The lowest BCUT2D eigenvalue weighted by Crippen LogP contribution is -2.53. The summed E-state index contributed by atoms with van der Waals surface area (Å²) in [5, 5.41) is 0. The molecule has 4 aromatic carbocycles. The zero-order valence-electron chi connectivity index (χ0n) is 38.3. The van der Waals surface area contributed by atoms with Gasteiger partial charge in [-0.1, -0.05) is 135 Å². The van der Waals surface area contributed by atoms with E-state index in [9.17, 15) is 0 Å². The first-order chi connectivity index (χ1) is 34.4. The van der Waals surface area contributed by atoms with Gasteiger partial charge < -0.3 is 65.3 Å². The largest absolute Gasteiger partial charge is 0.668 e. The van der Waals surface area contributed by atoms with Crippen LogP contribution in [0.15, 0.2) is 121 Å². The predicted octanol–water partition coefficient (Wildman–Crippen LogP) is 1.60. The van der Waals surface area contributed by atoms with Crippen LogP contribution in [0.2, 0.25) is 6.04 Å². The molecule has 10 N–H and O–H groups in total. The van der Waals surface area contributed by atoms with Gasteiger partial charge >= 0.3 is 35.9 Å². The Labute approximate surface area is 433 Å². The minimum absolute atomic E-state index is 0. The Morgan fingerprint density at radius 2 is 0.616 bits per heavy atom. The molecule has 0 fully saturated rings. The zero-order chi connectivity index (χ0) is 53.1. The monoisotopic (exact) mass is 1050 g/mol. The second-order valence-electron chi connectivity index (χ2n) is 12.9. The molecule has 73 heavy (non-hydrogen) atoms. The first-order valence-electron chi connectivity index (χ1n) is 20.3. The van der Waals surface area contributed by atoms with Crippen LogP contribution >= 0.6 is 0 Å². The van der Waals surface area contributed by atoms with E-state index in [0.717, 1.165) is 23.1 Å². The summed E-state index contributed by atoms with van der Waals surface area (Å²) in [6.45, 7) is 3.09. The Kier molecular flexibility index (Phi) is 35.2. The molecule has 4 rings (SSSR count). The average molecular weight is 1050 g/mol. The molecule has 4 aromatic rings. The molecule has 0 aliphatic heterocycles. The predicted molar refractivity (Wildman–Crippen MR) is 284 cm³/mol. The van der Waals surface area contributed by atoms with Gasteiger partial charge in [0.15, 0.2) is 0 Å². The van der Waals surface area contributed by atoms with Crippen LogP contribution in [0.4, 0.5) is 0 Å². The summed E-state index contributed by atoms with van der Waals surface area (Å²) in [6, 6.07) is 41.8. The Balaban J connectivity index is 0. The Hall–Kier alpha value is -8.09. The fraction of sp³-hybridized carbons (Fsp3) is 0.127. The molecule has 0 amide bonds. The summed E-state index contributed by atoms with van der Waals surface area (Å²) in [5.41, 5.74) is 4.59. The molecule has 370 valence electrons. The van der Waals surface area contributed by atoms with E-state index in [1.165, 1.54) is 5.56 Å². The van der Waals surface area contributed by atoms with Crippen LogP contribution < -0.4 is 0 Å². The number of benzene rings is 4. The lowest BCUT2D eigenvalue weighted by atomic mass is 10.2. The molecule has 0 aliphatic rings. The van der Waals surface area contributed by atoms with Crippen molar-refractivity contribution in [2.24, 2.45) is 0 Å². The van der Waals surface area contributed by atoms with E-state index >= 15 is 0 Å². The van der Waals surface area contributed by atoms with E-state index in [1.54, 1.807) is 6.92 Å². The fourth-order valence-corrected chi connectivity index (χ4v) is 8.37. The van der Waals surface area contributed by atoms with Crippen molar-refractivity contribution in [1.82, 2.24) is 0 Å². The molecule has 0 bridgehead atoms. The van der Waals surface area contributed by atoms with Crippen molar-refractivity contribution in [2.45, 2.75) is 46.6 Å². The van der Waals surface area contributed by atoms with Gasteiger partial charge in [0.05, 0.1) is 19.8 Å². The lowest BCUT2D eigenvalue weighted by Gasteiger charge is -2.30. The van der Waals surface area contributed by atoms with E-state index in [-0.39, 0.29) is 8.85 Å². The molecule has 18 heteroatoms. The van der Waals surface area contributed by atoms with Crippen molar-refractivity contribution in [3.8, 4) is 143 Å². The highest BCUT2D eigenvalue weighted by atomic mass is 28.5. The molecule has 0 saturated carbocycles. The third kappa shape index (κ3) is 42.5. The lowest BCUT2D eigenvalue weighted by molar-refractivity contribution is 0.0399. The van der Waals surface area contributed by atoms with Crippen LogP contribution in [0.5, 0.6) is 0 Å². The van der Waals surface area contributed by atoms with Crippen LogP contribution in [0.1, 0.15) is 38.0 Å². The van der Waals surface area contributed by atoms with E-state index < -0.39 is 35.9 Å². The number of hydrogen-bond acceptors (Lipinski definition) is 14. The van der Waals surface area contributed by atoms with Crippen molar-refractivity contribution >= 4 is 35.9 Å². The summed E-state index contributed by atoms with van der Waals surface area (Å²) in [6.07, 6.45) is 5.75. The molecule has 0 unspecified atom stereocenters. The molecule has 0 radical (unpaired) electrons. The van der Waals surface area contributed by atoms with E-state index in [0.29, 0.717) is 25.9 Å². The Bertz CT molecular complexity index is 2870. The first-order valence-corrected chi connectivity index (χ1v) is 27.5. The van der Waals surface area contributed by atoms with Crippen molar-refractivity contribution in [3.63, 3.8) is 0 Å². The second kappa shape index (κ2) is 39.6. The topological polar surface area (TPSA) is 239 Å². The van der Waals surface area contributed by atoms with Crippen LogP contribution in [-0.4, -0.2) is 83.9 Å². The standard InChI is InChI=1S/C29H30O3Si.C25H4.CH4.H6O7Si2.H4O4Si.H2/c1-5-13-26(14-6-1)21-22-33(30-23-27-15-7-2-8-16-27,31-24-28-17-9-3-10-18-28)32-25-29-19-11-4-12-20-29;1-3-5-7-9-11-13-15-17-19-21-23-25-24-22-20-18-16-14-12-10-8-6-4-2;;1-8(2,3)7-9(4,5)6;1-5(2,3)4;/h1-20H,21-25H2;1H,2H3;1H4;1-6H;1-4H;1H. The SMILES string of the molecule is C.C#CC#CC#CC#CC#CC#CC#CC#CC#CC#CC#CC#CC.O[Si](O)(O)O.O[Si](O)(O)O[Si](O)(O)O.[HH].c1ccc(CC[Si](OCc2ccccc2)(OCc2ccccc2)OCc2ccccc2)cc1. The number of terminal acetylenes is 1. The highest BCUT2D eigenvalue weighted by Gasteiger charge is 2.46. The summed E-state index contributed by atoms with van der Waals surface area (Å²) in [5.74, 6) is 56.9. The third-order valence-corrected chi connectivity index (χ3v) is 12.0. The molecular formula is C55H50O14Si4. The minimum Gasteiger partial charge on any atom is -0.369 e. The smallest absolute Gasteiger partial charge is 0.369 e. The van der Waals surface area contributed by atoms with Gasteiger partial charge in [0.25, 0.3) is 0 Å².